The summed E-state index contributed by atoms with van der Waals surface area (Å²) in [5, 5.41) is 4.79. The van der Waals surface area contributed by atoms with Gasteiger partial charge in [-0.2, -0.15) is 0 Å². The van der Waals surface area contributed by atoms with Crippen molar-refractivity contribution in [3.8, 4) is 11.1 Å². The van der Waals surface area contributed by atoms with Gasteiger partial charge in [0.25, 0.3) is 0 Å². The monoisotopic (exact) mass is 392 g/mol. The Balaban J connectivity index is 1.78. The highest BCUT2D eigenvalue weighted by molar-refractivity contribution is 7.19. The standard InChI is InChI=1S/C17H11Cl2FN4S/c1-8-15(19)25-17(23-8)24-9-5-11-12(7-22-16(11)21-6-9)10-3-2-4-13(20)14(10)18/h2-7H,1H3,(H,21,22)(H,23,24). The van der Waals surface area contributed by atoms with Gasteiger partial charge in [-0.25, -0.2) is 14.4 Å². The lowest BCUT2D eigenvalue weighted by Gasteiger charge is -2.05. The zero-order valence-corrected chi connectivity index (χ0v) is 15.2. The van der Waals surface area contributed by atoms with E-state index in [1.54, 1.807) is 24.5 Å². The minimum absolute atomic E-state index is 0.0871. The molecule has 0 aliphatic rings. The number of aryl methyl sites for hydroxylation is 1. The third kappa shape index (κ3) is 2.97. The summed E-state index contributed by atoms with van der Waals surface area (Å²) >= 11 is 13.5. The van der Waals surface area contributed by atoms with Crippen LogP contribution in [0.4, 0.5) is 15.2 Å². The van der Waals surface area contributed by atoms with Gasteiger partial charge in [0.15, 0.2) is 5.13 Å². The molecule has 3 aromatic heterocycles. The van der Waals surface area contributed by atoms with Gasteiger partial charge in [-0.3, -0.25) is 0 Å². The van der Waals surface area contributed by atoms with Crippen molar-refractivity contribution in [2.24, 2.45) is 0 Å². The van der Waals surface area contributed by atoms with Crippen LogP contribution in [0.1, 0.15) is 5.69 Å². The quantitative estimate of drug-likeness (QED) is 0.437. The van der Waals surface area contributed by atoms with Crippen molar-refractivity contribution in [1.29, 1.82) is 0 Å². The third-order valence-electron chi connectivity index (χ3n) is 3.76. The van der Waals surface area contributed by atoms with Crippen LogP contribution in [0.15, 0.2) is 36.7 Å². The highest BCUT2D eigenvalue weighted by atomic mass is 35.5. The lowest BCUT2D eigenvalue weighted by Crippen LogP contribution is -1.91. The normalized spacial score (nSPS) is 11.2. The lowest BCUT2D eigenvalue weighted by atomic mass is 10.1. The topological polar surface area (TPSA) is 53.6 Å². The van der Waals surface area contributed by atoms with Crippen molar-refractivity contribution < 1.29 is 4.39 Å². The van der Waals surface area contributed by atoms with Crippen molar-refractivity contribution in [3.63, 3.8) is 0 Å². The van der Waals surface area contributed by atoms with Gasteiger partial charge in [0.2, 0.25) is 0 Å². The Labute approximate surface area is 156 Å². The maximum Gasteiger partial charge on any atom is 0.188 e. The van der Waals surface area contributed by atoms with Crippen LogP contribution in [0.3, 0.4) is 0 Å². The molecule has 126 valence electrons. The molecule has 4 rings (SSSR count). The van der Waals surface area contributed by atoms with Crippen molar-refractivity contribution in [2.75, 3.05) is 5.32 Å². The molecule has 0 saturated carbocycles. The van der Waals surface area contributed by atoms with E-state index in [-0.39, 0.29) is 5.02 Å². The SMILES string of the molecule is Cc1nc(Nc2cnc3[nH]cc(-c4cccc(F)c4Cl)c3c2)sc1Cl. The van der Waals surface area contributed by atoms with E-state index in [0.29, 0.717) is 20.7 Å². The molecule has 0 saturated heterocycles. The molecule has 0 aliphatic carbocycles. The average Bonchev–Trinajstić information content (AvgIpc) is 3.13. The van der Waals surface area contributed by atoms with Gasteiger partial charge in [-0.15, -0.1) is 0 Å². The fraction of sp³-hybridized carbons (Fsp3) is 0.0588. The number of H-pyrrole nitrogens is 1. The van der Waals surface area contributed by atoms with E-state index < -0.39 is 5.82 Å². The highest BCUT2D eigenvalue weighted by Gasteiger charge is 2.14. The molecule has 0 fully saturated rings. The van der Waals surface area contributed by atoms with Crippen LogP contribution in [0.2, 0.25) is 9.36 Å². The molecule has 2 N–H and O–H groups in total. The fourth-order valence-corrected chi connectivity index (χ4v) is 3.76. The molecule has 25 heavy (non-hydrogen) atoms. The largest absolute Gasteiger partial charge is 0.346 e. The molecule has 4 aromatic rings. The molecule has 3 heterocycles. The summed E-state index contributed by atoms with van der Waals surface area (Å²) in [7, 11) is 0. The number of pyridine rings is 1. The summed E-state index contributed by atoms with van der Waals surface area (Å²) in [4.78, 5) is 11.8. The van der Waals surface area contributed by atoms with Gasteiger partial charge in [0, 0.05) is 22.7 Å². The number of fused-ring (bicyclic) bond motifs is 1. The number of hydrogen-bond donors (Lipinski definition) is 2. The third-order valence-corrected chi connectivity index (χ3v) is 5.51. The molecule has 0 spiro atoms. The van der Waals surface area contributed by atoms with E-state index in [1.165, 1.54) is 17.4 Å². The summed E-state index contributed by atoms with van der Waals surface area (Å²) in [6.45, 7) is 1.85. The molecular weight excluding hydrogens is 382 g/mol. The zero-order valence-electron chi connectivity index (χ0n) is 12.9. The van der Waals surface area contributed by atoms with E-state index in [1.807, 2.05) is 13.0 Å². The number of halogens is 3. The Bertz CT molecular complexity index is 1070. The lowest BCUT2D eigenvalue weighted by molar-refractivity contribution is 0.629. The first kappa shape index (κ1) is 16.3. The molecule has 0 radical (unpaired) electrons. The van der Waals surface area contributed by atoms with Gasteiger partial charge in [-0.05, 0) is 19.1 Å². The number of anilines is 2. The molecule has 0 atom stereocenters. The molecule has 1 aromatic carbocycles. The highest BCUT2D eigenvalue weighted by Crippen LogP contribution is 2.36. The number of hydrogen-bond acceptors (Lipinski definition) is 4. The van der Waals surface area contributed by atoms with Crippen LogP contribution >= 0.6 is 34.5 Å². The van der Waals surface area contributed by atoms with E-state index >= 15 is 0 Å². The second-order valence-corrected chi connectivity index (χ2v) is 7.41. The summed E-state index contributed by atoms with van der Waals surface area (Å²) in [6.07, 6.45) is 3.47. The predicted octanol–water partition coefficient (Wildman–Crippen LogP) is 6.18. The number of nitrogens with one attached hydrogen (secondary N) is 2. The minimum Gasteiger partial charge on any atom is -0.346 e. The number of benzene rings is 1. The van der Waals surface area contributed by atoms with Gasteiger partial charge in [0.05, 0.1) is 22.6 Å². The number of thiazole rings is 1. The first-order valence-electron chi connectivity index (χ1n) is 7.34. The van der Waals surface area contributed by atoms with Gasteiger partial charge >= 0.3 is 0 Å². The summed E-state index contributed by atoms with van der Waals surface area (Å²) in [6, 6.07) is 6.66. The number of aromatic amines is 1. The van der Waals surface area contributed by atoms with Crippen LogP contribution in [-0.4, -0.2) is 15.0 Å². The maximum atomic E-state index is 13.8. The first-order chi connectivity index (χ1) is 12.0. The van der Waals surface area contributed by atoms with Crippen molar-refractivity contribution >= 4 is 56.4 Å². The summed E-state index contributed by atoms with van der Waals surface area (Å²) in [5.41, 5.74) is 3.61. The second kappa shape index (κ2) is 6.29. The van der Waals surface area contributed by atoms with E-state index in [0.717, 1.165) is 22.3 Å². The molecule has 0 unspecified atom stereocenters. The fourth-order valence-electron chi connectivity index (χ4n) is 2.56. The van der Waals surface area contributed by atoms with Crippen LogP contribution in [0, 0.1) is 12.7 Å². The molecule has 0 amide bonds. The minimum atomic E-state index is -0.455. The predicted molar refractivity (Wildman–Crippen MR) is 102 cm³/mol. The van der Waals surface area contributed by atoms with Crippen LogP contribution in [0.25, 0.3) is 22.2 Å². The Kier molecular flexibility index (Phi) is 4.11. The van der Waals surface area contributed by atoms with Crippen molar-refractivity contribution in [3.05, 3.63) is 57.5 Å². The second-order valence-electron chi connectivity index (χ2n) is 5.43. The maximum absolute atomic E-state index is 13.8. The van der Waals surface area contributed by atoms with Gasteiger partial charge < -0.3 is 10.3 Å². The number of nitrogens with zero attached hydrogens (tertiary/aromatic N) is 2. The van der Waals surface area contributed by atoms with Crippen molar-refractivity contribution in [2.45, 2.75) is 6.92 Å². The molecule has 0 aliphatic heterocycles. The average molecular weight is 393 g/mol. The van der Waals surface area contributed by atoms with Crippen LogP contribution < -0.4 is 5.32 Å². The van der Waals surface area contributed by atoms with E-state index in [2.05, 4.69) is 20.3 Å². The Morgan fingerprint density at radius 3 is 2.84 bits per heavy atom. The molecule has 8 heteroatoms. The molecular formula is C17H11Cl2FN4S. The number of rotatable bonds is 3. The molecule has 0 bridgehead atoms. The smallest absolute Gasteiger partial charge is 0.188 e. The van der Waals surface area contributed by atoms with E-state index in [9.17, 15) is 4.39 Å². The zero-order chi connectivity index (χ0) is 17.6. The Hall–Kier alpha value is -2.15. The Morgan fingerprint density at radius 1 is 1.24 bits per heavy atom. The Morgan fingerprint density at radius 2 is 2.08 bits per heavy atom. The van der Waals surface area contributed by atoms with Crippen LogP contribution in [-0.2, 0) is 0 Å². The molecule has 4 nitrogen and oxygen atoms in total. The first-order valence-corrected chi connectivity index (χ1v) is 8.91. The summed E-state index contributed by atoms with van der Waals surface area (Å²) < 4.78 is 14.4. The van der Waals surface area contributed by atoms with Gasteiger partial charge in [-0.1, -0.05) is 46.7 Å². The van der Waals surface area contributed by atoms with E-state index in [4.69, 9.17) is 23.2 Å². The summed E-state index contributed by atoms with van der Waals surface area (Å²) in [5.74, 6) is -0.455. The van der Waals surface area contributed by atoms with Crippen LogP contribution in [0.5, 0.6) is 0 Å². The van der Waals surface area contributed by atoms with Crippen molar-refractivity contribution in [1.82, 2.24) is 15.0 Å². The number of aromatic nitrogens is 3. The van der Waals surface area contributed by atoms with Gasteiger partial charge in [0.1, 0.15) is 15.8 Å².